The average Bonchev–Trinajstić information content (AvgIpc) is 3.12. The summed E-state index contributed by atoms with van der Waals surface area (Å²) in [6, 6.07) is 0. The number of piperidine rings is 1. The van der Waals surface area contributed by atoms with Gasteiger partial charge < -0.3 is 15.1 Å². The van der Waals surface area contributed by atoms with Crippen molar-refractivity contribution < 1.29 is 4.79 Å². The van der Waals surface area contributed by atoms with Gasteiger partial charge in [-0.05, 0) is 33.4 Å². The number of hydrogen-bond acceptors (Lipinski definition) is 7. The van der Waals surface area contributed by atoms with Crippen LogP contribution in [0.3, 0.4) is 0 Å². The molecule has 4 heterocycles. The Morgan fingerprint density at radius 1 is 1.34 bits per heavy atom. The number of thiazole rings is 1. The normalized spacial score (nSPS) is 19.8. The van der Waals surface area contributed by atoms with Crippen molar-refractivity contribution in [3.63, 3.8) is 0 Å². The SMILES string of the molecule is CC(=O)N1CCc2nc([C@H]3CCCN(C)C3)nc(NCCc3ncc(C)s3)c2C1. The maximum Gasteiger partial charge on any atom is 0.219 e. The monoisotopic (exact) mass is 414 g/mol. The Balaban J connectivity index is 1.57. The number of hydrogen-bond donors (Lipinski definition) is 1. The molecule has 1 amide bonds. The molecule has 2 aliphatic heterocycles. The van der Waals surface area contributed by atoms with E-state index in [-0.39, 0.29) is 5.91 Å². The van der Waals surface area contributed by atoms with Crippen molar-refractivity contribution in [1.82, 2.24) is 24.8 Å². The third-order valence-electron chi connectivity index (χ3n) is 5.81. The summed E-state index contributed by atoms with van der Waals surface area (Å²) in [6.07, 6.45) is 5.92. The van der Waals surface area contributed by atoms with Crippen LogP contribution in [0.25, 0.3) is 0 Å². The van der Waals surface area contributed by atoms with E-state index in [0.29, 0.717) is 12.5 Å². The fraction of sp³-hybridized carbons (Fsp3) is 0.619. The molecule has 7 nitrogen and oxygen atoms in total. The lowest BCUT2D eigenvalue weighted by molar-refractivity contribution is -0.129. The van der Waals surface area contributed by atoms with E-state index in [1.54, 1.807) is 18.3 Å². The Bertz CT molecular complexity index is 882. The largest absolute Gasteiger partial charge is 0.369 e. The molecule has 0 spiro atoms. The van der Waals surface area contributed by atoms with Gasteiger partial charge in [0.05, 0.1) is 17.2 Å². The first-order valence-corrected chi connectivity index (χ1v) is 11.3. The molecule has 0 radical (unpaired) electrons. The summed E-state index contributed by atoms with van der Waals surface area (Å²) in [6.45, 7) is 7.98. The van der Waals surface area contributed by atoms with Gasteiger partial charge in [0.25, 0.3) is 0 Å². The van der Waals surface area contributed by atoms with Crippen molar-refractivity contribution in [2.24, 2.45) is 0 Å². The van der Waals surface area contributed by atoms with Crippen LogP contribution < -0.4 is 5.32 Å². The lowest BCUT2D eigenvalue weighted by Gasteiger charge is -2.32. The van der Waals surface area contributed by atoms with Gasteiger partial charge in [0.15, 0.2) is 0 Å². The van der Waals surface area contributed by atoms with Gasteiger partial charge in [-0.25, -0.2) is 15.0 Å². The summed E-state index contributed by atoms with van der Waals surface area (Å²) in [5.41, 5.74) is 2.18. The Morgan fingerprint density at radius 3 is 2.93 bits per heavy atom. The van der Waals surface area contributed by atoms with E-state index in [1.807, 2.05) is 11.1 Å². The lowest BCUT2D eigenvalue weighted by atomic mass is 9.96. The van der Waals surface area contributed by atoms with Gasteiger partial charge in [-0.3, -0.25) is 4.79 Å². The zero-order valence-corrected chi connectivity index (χ0v) is 18.4. The zero-order chi connectivity index (χ0) is 20.4. The number of fused-ring (bicyclic) bond motifs is 1. The first-order chi connectivity index (χ1) is 14.0. The van der Waals surface area contributed by atoms with Crippen LogP contribution in [0.1, 0.15) is 52.6 Å². The highest BCUT2D eigenvalue weighted by molar-refractivity contribution is 7.11. The topological polar surface area (TPSA) is 74.2 Å². The number of nitrogens with zero attached hydrogens (tertiary/aromatic N) is 5. The molecule has 2 aliphatic rings. The van der Waals surface area contributed by atoms with E-state index >= 15 is 0 Å². The second-order valence-corrected chi connectivity index (χ2v) is 9.51. The Hall–Kier alpha value is -2.06. The highest BCUT2D eigenvalue weighted by Gasteiger charge is 2.27. The number of rotatable bonds is 5. The summed E-state index contributed by atoms with van der Waals surface area (Å²) < 4.78 is 0. The molecule has 1 atom stereocenters. The Labute approximate surface area is 176 Å². The van der Waals surface area contributed by atoms with Crippen LogP contribution in [0.5, 0.6) is 0 Å². The van der Waals surface area contributed by atoms with Crippen LogP contribution in [0.4, 0.5) is 5.82 Å². The van der Waals surface area contributed by atoms with Crippen molar-refractivity contribution >= 4 is 23.1 Å². The summed E-state index contributed by atoms with van der Waals surface area (Å²) in [5.74, 6) is 2.35. The molecule has 0 unspecified atom stereocenters. The number of nitrogens with one attached hydrogen (secondary N) is 1. The van der Waals surface area contributed by atoms with Gasteiger partial charge >= 0.3 is 0 Å². The molecule has 2 aromatic heterocycles. The molecule has 29 heavy (non-hydrogen) atoms. The molecule has 156 valence electrons. The molecule has 1 saturated heterocycles. The van der Waals surface area contributed by atoms with E-state index in [0.717, 1.165) is 73.3 Å². The molecule has 0 aliphatic carbocycles. The molecule has 0 bridgehead atoms. The fourth-order valence-corrected chi connectivity index (χ4v) is 5.00. The molecule has 0 saturated carbocycles. The molecule has 2 aromatic rings. The second kappa shape index (κ2) is 8.75. The molecule has 1 N–H and O–H groups in total. The molecule has 1 fully saturated rings. The fourth-order valence-electron chi connectivity index (χ4n) is 4.21. The Morgan fingerprint density at radius 2 is 2.21 bits per heavy atom. The van der Waals surface area contributed by atoms with Crippen LogP contribution in [0.2, 0.25) is 0 Å². The number of carbonyl (C=O) groups excluding carboxylic acids is 1. The van der Waals surface area contributed by atoms with Gasteiger partial charge in [-0.2, -0.15) is 0 Å². The smallest absolute Gasteiger partial charge is 0.219 e. The van der Waals surface area contributed by atoms with E-state index in [9.17, 15) is 4.79 Å². The highest BCUT2D eigenvalue weighted by Crippen LogP contribution is 2.29. The van der Waals surface area contributed by atoms with Crippen LogP contribution >= 0.6 is 11.3 Å². The standard InChI is InChI=1S/C21H30N6OS/c1-14-11-23-19(29-14)6-8-22-21-17-13-27(15(2)28)10-7-18(17)24-20(25-21)16-5-4-9-26(3)12-16/h11,16H,4-10,12-13H2,1-3H3,(H,22,24,25)/t16-/m0/s1. The van der Waals surface area contributed by atoms with Gasteiger partial charge in [-0.1, -0.05) is 0 Å². The maximum atomic E-state index is 11.9. The summed E-state index contributed by atoms with van der Waals surface area (Å²) >= 11 is 1.74. The number of carbonyl (C=O) groups is 1. The van der Waals surface area contributed by atoms with Crippen LogP contribution in [-0.2, 0) is 24.2 Å². The van der Waals surface area contributed by atoms with Gasteiger partial charge in [0.1, 0.15) is 11.6 Å². The third kappa shape index (κ3) is 4.75. The maximum absolute atomic E-state index is 11.9. The minimum Gasteiger partial charge on any atom is -0.369 e. The van der Waals surface area contributed by atoms with Crippen molar-refractivity contribution in [3.8, 4) is 0 Å². The number of amides is 1. The number of likely N-dealkylation sites (tertiary alicyclic amines) is 1. The summed E-state index contributed by atoms with van der Waals surface area (Å²) in [5, 5.41) is 4.68. The molecular weight excluding hydrogens is 384 g/mol. The van der Waals surface area contributed by atoms with Crippen LogP contribution in [0.15, 0.2) is 6.20 Å². The predicted molar refractivity (Wildman–Crippen MR) is 115 cm³/mol. The minimum absolute atomic E-state index is 0.109. The van der Waals surface area contributed by atoms with Gasteiger partial charge in [-0.15, -0.1) is 11.3 Å². The Kier molecular flexibility index (Phi) is 6.10. The van der Waals surface area contributed by atoms with E-state index in [2.05, 4.69) is 29.2 Å². The molecule has 0 aromatic carbocycles. The molecule has 4 rings (SSSR count). The van der Waals surface area contributed by atoms with Crippen molar-refractivity contribution in [2.75, 3.05) is 38.5 Å². The first kappa shape index (κ1) is 20.2. The molecule has 8 heteroatoms. The minimum atomic E-state index is 0.109. The van der Waals surface area contributed by atoms with Crippen molar-refractivity contribution in [2.45, 2.75) is 52.0 Å². The van der Waals surface area contributed by atoms with E-state index < -0.39 is 0 Å². The first-order valence-electron chi connectivity index (χ1n) is 10.5. The summed E-state index contributed by atoms with van der Waals surface area (Å²) in [4.78, 5) is 31.8. The van der Waals surface area contributed by atoms with E-state index in [1.165, 1.54) is 11.3 Å². The van der Waals surface area contributed by atoms with Crippen LogP contribution in [-0.4, -0.2) is 63.9 Å². The lowest BCUT2D eigenvalue weighted by Crippen LogP contribution is -2.36. The molecular formula is C21H30N6OS. The van der Waals surface area contributed by atoms with Gasteiger partial charge in [0, 0.05) is 62.0 Å². The second-order valence-electron chi connectivity index (χ2n) is 8.19. The number of likely N-dealkylation sites (N-methyl/N-ethyl adjacent to an activating group) is 1. The van der Waals surface area contributed by atoms with Crippen molar-refractivity contribution in [3.05, 3.63) is 33.2 Å². The van der Waals surface area contributed by atoms with Crippen molar-refractivity contribution in [1.29, 1.82) is 0 Å². The summed E-state index contributed by atoms with van der Waals surface area (Å²) in [7, 11) is 2.17. The number of anilines is 1. The zero-order valence-electron chi connectivity index (χ0n) is 17.6. The quantitative estimate of drug-likeness (QED) is 0.811. The number of aryl methyl sites for hydroxylation is 1. The predicted octanol–water partition coefficient (Wildman–Crippen LogP) is 2.61. The third-order valence-corrected chi connectivity index (χ3v) is 6.79. The van der Waals surface area contributed by atoms with Gasteiger partial charge in [0.2, 0.25) is 5.91 Å². The highest BCUT2D eigenvalue weighted by atomic mass is 32.1. The van der Waals surface area contributed by atoms with Crippen LogP contribution in [0, 0.1) is 6.92 Å². The average molecular weight is 415 g/mol. The number of aromatic nitrogens is 3. The van der Waals surface area contributed by atoms with E-state index in [4.69, 9.17) is 9.97 Å².